The van der Waals surface area contributed by atoms with Gasteiger partial charge in [-0.15, -0.1) is 11.6 Å². The molecule has 1 unspecified atom stereocenters. The highest BCUT2D eigenvalue weighted by atomic mass is 35.5. The Morgan fingerprint density at radius 2 is 2.21 bits per heavy atom. The summed E-state index contributed by atoms with van der Waals surface area (Å²) in [5, 5.41) is 0. The van der Waals surface area contributed by atoms with Crippen molar-refractivity contribution in [1.29, 1.82) is 0 Å². The molecule has 0 aliphatic carbocycles. The van der Waals surface area contributed by atoms with E-state index < -0.39 is 0 Å². The van der Waals surface area contributed by atoms with Crippen LogP contribution in [0.25, 0.3) is 0 Å². The Labute approximate surface area is 120 Å². The van der Waals surface area contributed by atoms with Crippen molar-refractivity contribution in [2.45, 2.75) is 45.1 Å². The second-order valence-corrected chi connectivity index (χ2v) is 5.51. The van der Waals surface area contributed by atoms with Crippen molar-refractivity contribution < 1.29 is 4.79 Å². The third kappa shape index (κ3) is 3.30. The number of aryl methyl sites for hydroxylation is 1. The molecule has 1 amide bonds. The van der Waals surface area contributed by atoms with Gasteiger partial charge in [0.25, 0.3) is 5.91 Å². The fraction of sp³-hybridized carbons (Fsp3) is 0.562. The van der Waals surface area contributed by atoms with Crippen molar-refractivity contribution in [2.75, 3.05) is 12.4 Å². The number of rotatable bonds is 5. The van der Waals surface area contributed by atoms with Gasteiger partial charge in [0.05, 0.1) is 0 Å². The lowest BCUT2D eigenvalue weighted by molar-refractivity contribution is 0.0729. The highest BCUT2D eigenvalue weighted by Crippen LogP contribution is 2.25. The first-order valence-corrected chi connectivity index (χ1v) is 7.76. The summed E-state index contributed by atoms with van der Waals surface area (Å²) in [4.78, 5) is 14.7. The quantitative estimate of drug-likeness (QED) is 0.749. The fourth-order valence-corrected chi connectivity index (χ4v) is 3.06. The van der Waals surface area contributed by atoms with Crippen molar-refractivity contribution in [3.8, 4) is 0 Å². The number of carbonyl (C=O) groups is 1. The summed E-state index contributed by atoms with van der Waals surface area (Å²) < 4.78 is 0. The molecule has 1 atom stereocenters. The summed E-state index contributed by atoms with van der Waals surface area (Å²) in [6, 6.07) is 8.35. The lowest BCUT2D eigenvalue weighted by Gasteiger charge is -2.25. The Morgan fingerprint density at radius 1 is 1.42 bits per heavy atom. The van der Waals surface area contributed by atoms with Crippen molar-refractivity contribution in [3.63, 3.8) is 0 Å². The van der Waals surface area contributed by atoms with Gasteiger partial charge in [0.1, 0.15) is 0 Å². The number of amides is 1. The summed E-state index contributed by atoms with van der Waals surface area (Å²) in [6.45, 7) is 2.99. The van der Waals surface area contributed by atoms with E-state index in [9.17, 15) is 4.79 Å². The van der Waals surface area contributed by atoms with Crippen LogP contribution in [0.2, 0.25) is 0 Å². The SMILES string of the molecule is CCc1ccccc1C(=O)N1CCCC1CCCCl. The molecule has 0 spiro atoms. The van der Waals surface area contributed by atoms with Gasteiger partial charge in [0.2, 0.25) is 0 Å². The summed E-state index contributed by atoms with van der Waals surface area (Å²) in [7, 11) is 0. The van der Waals surface area contributed by atoms with Crippen molar-refractivity contribution in [2.24, 2.45) is 0 Å². The minimum absolute atomic E-state index is 0.203. The van der Waals surface area contributed by atoms with Gasteiger partial charge in [-0.2, -0.15) is 0 Å². The molecule has 1 fully saturated rings. The molecular formula is C16H22ClNO. The maximum atomic E-state index is 12.7. The number of hydrogen-bond donors (Lipinski definition) is 0. The zero-order valence-corrected chi connectivity index (χ0v) is 12.3. The third-order valence-corrected chi connectivity index (χ3v) is 4.20. The minimum Gasteiger partial charge on any atom is -0.336 e. The lowest BCUT2D eigenvalue weighted by atomic mass is 10.0. The second kappa shape index (κ2) is 6.95. The molecule has 0 bridgehead atoms. The third-order valence-electron chi connectivity index (χ3n) is 3.94. The van der Waals surface area contributed by atoms with E-state index in [1.807, 2.05) is 18.2 Å². The molecule has 1 aliphatic rings. The molecule has 19 heavy (non-hydrogen) atoms. The van der Waals surface area contributed by atoms with Crippen LogP contribution in [0.1, 0.15) is 48.5 Å². The maximum Gasteiger partial charge on any atom is 0.254 e. The molecule has 1 heterocycles. The van der Waals surface area contributed by atoms with Gasteiger partial charge in [-0.3, -0.25) is 4.79 Å². The molecule has 0 aromatic heterocycles. The predicted octanol–water partition coefficient (Wildman–Crippen LogP) is 3.87. The summed E-state index contributed by atoms with van der Waals surface area (Å²) in [5.74, 6) is 0.888. The van der Waals surface area contributed by atoms with E-state index in [0.29, 0.717) is 11.9 Å². The Kier molecular flexibility index (Phi) is 5.26. The molecule has 104 valence electrons. The van der Waals surface area contributed by atoms with Gasteiger partial charge < -0.3 is 4.90 Å². The van der Waals surface area contributed by atoms with Gasteiger partial charge in [-0.1, -0.05) is 25.1 Å². The molecule has 1 saturated heterocycles. The average molecular weight is 280 g/mol. The largest absolute Gasteiger partial charge is 0.336 e. The van der Waals surface area contributed by atoms with Gasteiger partial charge in [-0.25, -0.2) is 0 Å². The van der Waals surface area contributed by atoms with E-state index in [2.05, 4.69) is 17.9 Å². The molecule has 0 radical (unpaired) electrons. The van der Waals surface area contributed by atoms with E-state index in [1.54, 1.807) is 0 Å². The number of halogens is 1. The monoisotopic (exact) mass is 279 g/mol. The highest BCUT2D eigenvalue weighted by molar-refractivity contribution is 6.17. The normalized spacial score (nSPS) is 18.8. The van der Waals surface area contributed by atoms with E-state index in [4.69, 9.17) is 11.6 Å². The van der Waals surface area contributed by atoms with E-state index >= 15 is 0 Å². The Morgan fingerprint density at radius 3 is 2.95 bits per heavy atom. The summed E-state index contributed by atoms with van der Waals surface area (Å²) in [5.41, 5.74) is 2.03. The van der Waals surface area contributed by atoms with Crippen LogP contribution in [-0.2, 0) is 6.42 Å². The van der Waals surface area contributed by atoms with E-state index in [1.165, 1.54) is 0 Å². The molecule has 1 aliphatic heterocycles. The molecule has 2 nitrogen and oxygen atoms in total. The number of nitrogens with zero attached hydrogens (tertiary/aromatic N) is 1. The van der Waals surface area contributed by atoms with Crippen molar-refractivity contribution in [3.05, 3.63) is 35.4 Å². The van der Waals surface area contributed by atoms with Crippen LogP contribution in [0, 0.1) is 0 Å². The zero-order valence-electron chi connectivity index (χ0n) is 11.6. The Balaban J connectivity index is 2.13. The van der Waals surface area contributed by atoms with Crippen LogP contribution < -0.4 is 0 Å². The molecule has 0 N–H and O–H groups in total. The first-order valence-electron chi connectivity index (χ1n) is 7.22. The van der Waals surface area contributed by atoms with Crippen LogP contribution >= 0.6 is 11.6 Å². The first kappa shape index (κ1) is 14.4. The number of alkyl halides is 1. The topological polar surface area (TPSA) is 20.3 Å². The van der Waals surface area contributed by atoms with Crippen molar-refractivity contribution in [1.82, 2.24) is 4.90 Å². The predicted molar refractivity (Wildman–Crippen MR) is 79.8 cm³/mol. The standard InChI is InChI=1S/C16H22ClNO/c1-2-13-7-3-4-10-15(13)16(19)18-12-6-9-14(18)8-5-11-17/h3-4,7,10,14H,2,5-6,8-9,11-12H2,1H3. The second-order valence-electron chi connectivity index (χ2n) is 5.14. The number of benzene rings is 1. The minimum atomic E-state index is 0.203. The number of carbonyl (C=O) groups excluding carboxylic acids is 1. The Hall–Kier alpha value is -1.02. The average Bonchev–Trinajstić information content (AvgIpc) is 2.92. The van der Waals surface area contributed by atoms with Crippen LogP contribution in [0.4, 0.5) is 0 Å². The van der Waals surface area contributed by atoms with Gasteiger partial charge in [-0.05, 0) is 43.7 Å². The number of hydrogen-bond acceptors (Lipinski definition) is 1. The van der Waals surface area contributed by atoms with E-state index in [0.717, 1.165) is 49.8 Å². The molecule has 1 aromatic rings. The molecule has 3 heteroatoms. The van der Waals surface area contributed by atoms with Crippen LogP contribution in [0.5, 0.6) is 0 Å². The molecule has 1 aromatic carbocycles. The van der Waals surface area contributed by atoms with Gasteiger partial charge in [0.15, 0.2) is 0 Å². The van der Waals surface area contributed by atoms with Crippen molar-refractivity contribution >= 4 is 17.5 Å². The Bertz CT molecular complexity index is 433. The van der Waals surface area contributed by atoms with Gasteiger partial charge >= 0.3 is 0 Å². The smallest absolute Gasteiger partial charge is 0.254 e. The van der Waals surface area contributed by atoms with Crippen LogP contribution in [0.3, 0.4) is 0 Å². The molecule has 2 rings (SSSR count). The summed E-state index contributed by atoms with van der Waals surface area (Å²) in [6.07, 6.45) is 5.17. The first-order chi connectivity index (χ1) is 9.27. The number of likely N-dealkylation sites (tertiary alicyclic amines) is 1. The van der Waals surface area contributed by atoms with E-state index in [-0.39, 0.29) is 5.91 Å². The highest BCUT2D eigenvalue weighted by Gasteiger charge is 2.29. The van der Waals surface area contributed by atoms with Crippen LogP contribution in [-0.4, -0.2) is 29.3 Å². The molecule has 0 saturated carbocycles. The van der Waals surface area contributed by atoms with Gasteiger partial charge in [0, 0.05) is 24.0 Å². The summed E-state index contributed by atoms with van der Waals surface area (Å²) >= 11 is 5.77. The fourth-order valence-electron chi connectivity index (χ4n) is 2.91. The lowest BCUT2D eigenvalue weighted by Crippen LogP contribution is -2.36. The maximum absolute atomic E-state index is 12.7. The zero-order chi connectivity index (χ0) is 13.7. The van der Waals surface area contributed by atoms with Crippen LogP contribution in [0.15, 0.2) is 24.3 Å². The molecular weight excluding hydrogens is 258 g/mol.